The Morgan fingerprint density at radius 1 is 1.14 bits per heavy atom. The lowest BCUT2D eigenvalue weighted by Gasteiger charge is -2.15. The van der Waals surface area contributed by atoms with E-state index in [1.54, 1.807) is 36.4 Å². The molecule has 22 heavy (non-hydrogen) atoms. The van der Waals surface area contributed by atoms with Crippen LogP contribution in [0.15, 0.2) is 45.5 Å². The number of carbonyl (C=O) groups is 2. The standard InChI is InChI=1S/C16H15BrN2O3/c17-14-7-6-13(22-14)15(20)18-12-5-3-4-11(10-12)16(21)19-8-1-2-9-19/h3-7,10H,1-2,8-9H2,(H,18,20). The smallest absolute Gasteiger partial charge is 0.291 e. The molecule has 2 aromatic rings. The number of nitrogens with one attached hydrogen (secondary N) is 1. The normalized spacial score (nSPS) is 14.1. The fourth-order valence-corrected chi connectivity index (χ4v) is 2.77. The molecule has 1 saturated heterocycles. The van der Waals surface area contributed by atoms with Crippen molar-refractivity contribution in [2.24, 2.45) is 0 Å². The van der Waals surface area contributed by atoms with Crippen molar-refractivity contribution in [3.8, 4) is 0 Å². The van der Waals surface area contributed by atoms with Crippen LogP contribution in [0.1, 0.15) is 33.8 Å². The first kappa shape index (κ1) is 14.8. The van der Waals surface area contributed by atoms with Crippen molar-refractivity contribution in [2.45, 2.75) is 12.8 Å². The molecule has 0 atom stereocenters. The third kappa shape index (κ3) is 3.22. The van der Waals surface area contributed by atoms with Gasteiger partial charge in [0.05, 0.1) is 0 Å². The second kappa shape index (κ2) is 6.36. The predicted octanol–water partition coefficient (Wildman–Crippen LogP) is 3.53. The highest BCUT2D eigenvalue weighted by Gasteiger charge is 2.20. The monoisotopic (exact) mass is 362 g/mol. The molecule has 1 aliphatic heterocycles. The second-order valence-electron chi connectivity index (χ2n) is 5.14. The Morgan fingerprint density at radius 3 is 2.59 bits per heavy atom. The number of likely N-dealkylation sites (tertiary alicyclic amines) is 1. The van der Waals surface area contributed by atoms with E-state index in [2.05, 4.69) is 21.2 Å². The number of anilines is 1. The maximum atomic E-state index is 12.3. The van der Waals surface area contributed by atoms with Gasteiger partial charge >= 0.3 is 0 Å². The summed E-state index contributed by atoms with van der Waals surface area (Å²) in [6.45, 7) is 1.60. The van der Waals surface area contributed by atoms with Crippen LogP contribution in [0.25, 0.3) is 0 Å². The van der Waals surface area contributed by atoms with Gasteiger partial charge in [-0.05, 0) is 59.1 Å². The summed E-state index contributed by atoms with van der Waals surface area (Å²) in [6, 6.07) is 10.2. The van der Waals surface area contributed by atoms with Gasteiger partial charge in [-0.2, -0.15) is 0 Å². The maximum absolute atomic E-state index is 12.3. The van der Waals surface area contributed by atoms with Gasteiger partial charge in [0.2, 0.25) is 0 Å². The molecule has 1 aromatic heterocycles. The SMILES string of the molecule is O=C(Nc1cccc(C(=O)N2CCCC2)c1)c1ccc(Br)o1. The van der Waals surface area contributed by atoms with Gasteiger partial charge < -0.3 is 14.6 Å². The van der Waals surface area contributed by atoms with Crippen molar-refractivity contribution < 1.29 is 14.0 Å². The van der Waals surface area contributed by atoms with E-state index in [9.17, 15) is 9.59 Å². The number of furan rings is 1. The van der Waals surface area contributed by atoms with Crippen molar-refractivity contribution in [1.29, 1.82) is 0 Å². The summed E-state index contributed by atoms with van der Waals surface area (Å²) < 4.78 is 5.70. The molecule has 5 nitrogen and oxygen atoms in total. The van der Waals surface area contributed by atoms with Crippen molar-refractivity contribution in [2.75, 3.05) is 18.4 Å². The van der Waals surface area contributed by atoms with Crippen LogP contribution in [-0.4, -0.2) is 29.8 Å². The lowest BCUT2D eigenvalue weighted by atomic mass is 10.1. The fourth-order valence-electron chi connectivity index (χ4n) is 2.46. The van der Waals surface area contributed by atoms with Gasteiger partial charge in [0.15, 0.2) is 10.4 Å². The number of amides is 2. The van der Waals surface area contributed by atoms with Gasteiger partial charge in [-0.25, -0.2) is 0 Å². The molecule has 114 valence electrons. The number of halogens is 1. The van der Waals surface area contributed by atoms with E-state index in [1.165, 1.54) is 0 Å². The molecule has 2 amide bonds. The number of rotatable bonds is 3. The van der Waals surface area contributed by atoms with Crippen LogP contribution in [0.4, 0.5) is 5.69 Å². The van der Waals surface area contributed by atoms with E-state index in [0.717, 1.165) is 25.9 Å². The van der Waals surface area contributed by atoms with Crippen LogP contribution >= 0.6 is 15.9 Å². The molecule has 0 aliphatic carbocycles. The molecule has 0 radical (unpaired) electrons. The average Bonchev–Trinajstić information content (AvgIpc) is 3.18. The molecule has 2 heterocycles. The molecule has 1 N–H and O–H groups in total. The molecule has 6 heteroatoms. The minimum atomic E-state index is -0.350. The highest BCUT2D eigenvalue weighted by atomic mass is 79.9. The molecular formula is C16H15BrN2O3. The van der Waals surface area contributed by atoms with Gasteiger partial charge in [-0.3, -0.25) is 9.59 Å². The molecule has 1 aliphatic rings. The van der Waals surface area contributed by atoms with Crippen LogP contribution in [0, 0.1) is 0 Å². The minimum Gasteiger partial charge on any atom is -0.444 e. The van der Waals surface area contributed by atoms with E-state index in [4.69, 9.17) is 4.42 Å². The molecule has 0 unspecified atom stereocenters. The van der Waals surface area contributed by atoms with Gasteiger partial charge in [0, 0.05) is 24.3 Å². The number of carbonyl (C=O) groups excluding carboxylic acids is 2. The number of benzene rings is 1. The third-order valence-corrected chi connectivity index (χ3v) is 3.98. The Bertz CT molecular complexity index is 705. The first-order valence-corrected chi connectivity index (χ1v) is 7.89. The van der Waals surface area contributed by atoms with Crippen molar-refractivity contribution in [3.05, 3.63) is 52.4 Å². The zero-order valence-electron chi connectivity index (χ0n) is 11.8. The number of nitrogens with zero attached hydrogens (tertiary/aromatic N) is 1. The number of hydrogen-bond donors (Lipinski definition) is 1. The van der Waals surface area contributed by atoms with Gasteiger partial charge in [0.1, 0.15) is 0 Å². The predicted molar refractivity (Wildman–Crippen MR) is 85.9 cm³/mol. The minimum absolute atomic E-state index is 0.00865. The molecule has 1 aromatic carbocycles. The Kier molecular flexibility index (Phi) is 4.29. The summed E-state index contributed by atoms with van der Waals surface area (Å²) in [5.74, 6) is -0.131. The summed E-state index contributed by atoms with van der Waals surface area (Å²) in [4.78, 5) is 26.2. The quantitative estimate of drug-likeness (QED) is 0.908. The van der Waals surface area contributed by atoms with Crippen LogP contribution < -0.4 is 5.32 Å². The average molecular weight is 363 g/mol. The summed E-state index contributed by atoms with van der Waals surface area (Å²) in [5, 5.41) is 2.73. The maximum Gasteiger partial charge on any atom is 0.291 e. The molecule has 3 rings (SSSR count). The van der Waals surface area contributed by atoms with E-state index in [0.29, 0.717) is 15.9 Å². The lowest BCUT2D eigenvalue weighted by molar-refractivity contribution is 0.0792. The topological polar surface area (TPSA) is 62.6 Å². The Morgan fingerprint density at radius 2 is 1.91 bits per heavy atom. The molecule has 0 spiro atoms. The molecule has 0 saturated carbocycles. The van der Waals surface area contributed by atoms with E-state index in [-0.39, 0.29) is 17.6 Å². The molecule has 1 fully saturated rings. The summed E-state index contributed by atoms with van der Waals surface area (Å²) in [6.07, 6.45) is 2.10. The number of hydrogen-bond acceptors (Lipinski definition) is 3. The van der Waals surface area contributed by atoms with Crippen LogP contribution in [0.5, 0.6) is 0 Å². The van der Waals surface area contributed by atoms with E-state index < -0.39 is 0 Å². The van der Waals surface area contributed by atoms with Crippen molar-refractivity contribution >= 4 is 33.4 Å². The lowest BCUT2D eigenvalue weighted by Crippen LogP contribution is -2.27. The fraction of sp³-hybridized carbons (Fsp3) is 0.250. The first-order valence-electron chi connectivity index (χ1n) is 7.09. The molecule has 0 bridgehead atoms. The Balaban J connectivity index is 1.73. The Labute approximate surface area is 136 Å². The third-order valence-electron chi connectivity index (χ3n) is 3.56. The summed E-state index contributed by atoms with van der Waals surface area (Å²) in [5.41, 5.74) is 1.16. The van der Waals surface area contributed by atoms with Crippen molar-refractivity contribution in [3.63, 3.8) is 0 Å². The zero-order chi connectivity index (χ0) is 15.5. The van der Waals surface area contributed by atoms with Crippen LogP contribution in [0.3, 0.4) is 0 Å². The largest absolute Gasteiger partial charge is 0.444 e. The van der Waals surface area contributed by atoms with Crippen LogP contribution in [0.2, 0.25) is 0 Å². The second-order valence-corrected chi connectivity index (χ2v) is 5.92. The van der Waals surface area contributed by atoms with Crippen molar-refractivity contribution in [1.82, 2.24) is 4.90 Å². The van der Waals surface area contributed by atoms with Gasteiger partial charge in [-0.1, -0.05) is 6.07 Å². The summed E-state index contributed by atoms with van der Waals surface area (Å²) >= 11 is 3.16. The zero-order valence-corrected chi connectivity index (χ0v) is 13.4. The first-order chi connectivity index (χ1) is 10.6. The Hall–Kier alpha value is -2.08. The van der Waals surface area contributed by atoms with E-state index >= 15 is 0 Å². The van der Waals surface area contributed by atoms with Gasteiger partial charge in [-0.15, -0.1) is 0 Å². The molecular weight excluding hydrogens is 348 g/mol. The van der Waals surface area contributed by atoms with Gasteiger partial charge in [0.25, 0.3) is 11.8 Å². The highest BCUT2D eigenvalue weighted by Crippen LogP contribution is 2.18. The van der Waals surface area contributed by atoms with E-state index in [1.807, 2.05) is 4.90 Å². The highest BCUT2D eigenvalue weighted by molar-refractivity contribution is 9.10. The van der Waals surface area contributed by atoms with Crippen LogP contribution in [-0.2, 0) is 0 Å². The summed E-state index contributed by atoms with van der Waals surface area (Å²) in [7, 11) is 0.